The van der Waals surface area contributed by atoms with Gasteiger partial charge in [0.2, 0.25) is 0 Å². The van der Waals surface area contributed by atoms with Crippen molar-refractivity contribution < 1.29 is 14.6 Å². The van der Waals surface area contributed by atoms with Crippen molar-refractivity contribution in [2.24, 2.45) is 0 Å². The summed E-state index contributed by atoms with van der Waals surface area (Å²) in [6, 6.07) is 4.92. The van der Waals surface area contributed by atoms with E-state index in [9.17, 15) is 4.79 Å². The highest BCUT2D eigenvalue weighted by Gasteiger charge is 2.21. The Bertz CT molecular complexity index is 587. The zero-order chi connectivity index (χ0) is 12.5. The summed E-state index contributed by atoms with van der Waals surface area (Å²) in [4.78, 5) is 15.4. The number of carboxylic acids is 1. The second-order valence-corrected chi connectivity index (χ2v) is 4.31. The van der Waals surface area contributed by atoms with E-state index in [1.165, 1.54) is 10.6 Å². The van der Waals surface area contributed by atoms with Gasteiger partial charge in [-0.05, 0) is 31.4 Å². The number of hydrogen-bond acceptors (Lipinski definition) is 4. The third-order valence-corrected chi connectivity index (χ3v) is 3.06. The van der Waals surface area contributed by atoms with E-state index < -0.39 is 5.97 Å². The molecule has 3 rings (SSSR count). The molecule has 1 atom stereocenters. The van der Waals surface area contributed by atoms with Gasteiger partial charge >= 0.3 is 5.97 Å². The van der Waals surface area contributed by atoms with E-state index in [2.05, 4.69) is 10.1 Å². The molecule has 2 aromatic heterocycles. The van der Waals surface area contributed by atoms with Gasteiger partial charge in [0.25, 0.3) is 0 Å². The molecule has 0 spiro atoms. The number of fused-ring (bicyclic) bond motifs is 1. The standard InChI is InChI=1S/C12H13N3O3/c16-12(17)8-4-3-6-10-13-11(14-15(8)10)9-5-1-2-7-18-9/h3-4,6,9H,1-2,5,7H2,(H,16,17). The maximum Gasteiger partial charge on any atom is 0.354 e. The maximum absolute atomic E-state index is 11.1. The molecule has 0 radical (unpaired) electrons. The van der Waals surface area contributed by atoms with Crippen molar-refractivity contribution in [1.82, 2.24) is 14.6 Å². The number of nitrogens with zero attached hydrogens (tertiary/aromatic N) is 3. The number of carbonyl (C=O) groups is 1. The normalized spacial score (nSPS) is 20.1. The van der Waals surface area contributed by atoms with Gasteiger partial charge in [-0.15, -0.1) is 5.10 Å². The molecular weight excluding hydrogens is 234 g/mol. The molecular formula is C12H13N3O3. The quantitative estimate of drug-likeness (QED) is 0.873. The number of aromatic nitrogens is 3. The van der Waals surface area contributed by atoms with Gasteiger partial charge in [-0.25, -0.2) is 14.3 Å². The Labute approximate surface area is 103 Å². The van der Waals surface area contributed by atoms with Crippen LogP contribution in [0.2, 0.25) is 0 Å². The lowest BCUT2D eigenvalue weighted by Crippen LogP contribution is -2.13. The molecule has 0 aromatic carbocycles. The molecule has 3 heterocycles. The Kier molecular flexibility index (Phi) is 2.71. The average Bonchev–Trinajstić information content (AvgIpc) is 2.83. The summed E-state index contributed by atoms with van der Waals surface area (Å²) >= 11 is 0. The molecule has 1 unspecified atom stereocenters. The summed E-state index contributed by atoms with van der Waals surface area (Å²) in [6.45, 7) is 0.714. The van der Waals surface area contributed by atoms with Crippen molar-refractivity contribution >= 4 is 11.6 Å². The van der Waals surface area contributed by atoms with E-state index in [1.54, 1.807) is 12.1 Å². The fourth-order valence-electron chi connectivity index (χ4n) is 2.16. The molecule has 1 N–H and O–H groups in total. The van der Waals surface area contributed by atoms with E-state index in [4.69, 9.17) is 9.84 Å². The van der Waals surface area contributed by atoms with Crippen LogP contribution < -0.4 is 0 Å². The Morgan fingerprint density at radius 2 is 2.33 bits per heavy atom. The monoisotopic (exact) mass is 247 g/mol. The highest BCUT2D eigenvalue weighted by Crippen LogP contribution is 2.25. The molecule has 18 heavy (non-hydrogen) atoms. The molecule has 1 aliphatic heterocycles. The first-order valence-electron chi connectivity index (χ1n) is 5.96. The summed E-state index contributed by atoms with van der Waals surface area (Å²) in [5.74, 6) is -0.440. The number of ether oxygens (including phenoxy) is 1. The van der Waals surface area contributed by atoms with Crippen LogP contribution in [-0.2, 0) is 4.74 Å². The summed E-state index contributed by atoms with van der Waals surface area (Å²) < 4.78 is 6.96. The lowest BCUT2D eigenvalue weighted by Gasteiger charge is -2.19. The zero-order valence-corrected chi connectivity index (χ0v) is 9.74. The smallest absolute Gasteiger partial charge is 0.354 e. The molecule has 0 bridgehead atoms. The molecule has 0 saturated carbocycles. The Morgan fingerprint density at radius 1 is 1.44 bits per heavy atom. The first kappa shape index (κ1) is 11.2. The van der Waals surface area contributed by atoms with E-state index in [0.29, 0.717) is 18.1 Å². The van der Waals surface area contributed by atoms with Crippen LogP contribution in [0.4, 0.5) is 0 Å². The second-order valence-electron chi connectivity index (χ2n) is 4.31. The van der Waals surface area contributed by atoms with Gasteiger partial charge in [0.05, 0.1) is 0 Å². The van der Waals surface area contributed by atoms with Crippen LogP contribution in [0.1, 0.15) is 41.7 Å². The minimum atomic E-state index is -1.01. The molecule has 94 valence electrons. The van der Waals surface area contributed by atoms with Gasteiger partial charge in [-0.3, -0.25) is 0 Å². The van der Waals surface area contributed by atoms with E-state index in [1.807, 2.05) is 0 Å². The molecule has 1 saturated heterocycles. The Hall–Kier alpha value is -1.95. The van der Waals surface area contributed by atoms with Crippen molar-refractivity contribution in [3.05, 3.63) is 29.7 Å². The van der Waals surface area contributed by atoms with E-state index >= 15 is 0 Å². The van der Waals surface area contributed by atoms with E-state index in [-0.39, 0.29) is 11.8 Å². The molecule has 6 heteroatoms. The topological polar surface area (TPSA) is 76.7 Å². The Morgan fingerprint density at radius 3 is 3.06 bits per heavy atom. The third kappa shape index (κ3) is 1.84. The van der Waals surface area contributed by atoms with Crippen molar-refractivity contribution in [2.75, 3.05) is 6.61 Å². The zero-order valence-electron chi connectivity index (χ0n) is 9.74. The van der Waals surface area contributed by atoms with E-state index in [0.717, 1.165) is 19.3 Å². The number of pyridine rings is 1. The van der Waals surface area contributed by atoms with Crippen LogP contribution in [-0.4, -0.2) is 32.3 Å². The number of carboxylic acid groups (broad SMARTS) is 1. The second kappa shape index (κ2) is 4.38. The maximum atomic E-state index is 11.1. The predicted molar refractivity (Wildman–Crippen MR) is 62.5 cm³/mol. The molecule has 1 aliphatic rings. The minimum absolute atomic E-state index is 0.111. The van der Waals surface area contributed by atoms with Crippen molar-refractivity contribution in [3.63, 3.8) is 0 Å². The molecule has 0 aliphatic carbocycles. The highest BCUT2D eigenvalue weighted by atomic mass is 16.5. The van der Waals surface area contributed by atoms with Gasteiger partial charge in [0.1, 0.15) is 6.10 Å². The SMILES string of the molecule is O=C(O)c1cccc2nc(C3CCCCO3)nn12. The largest absolute Gasteiger partial charge is 0.477 e. The van der Waals surface area contributed by atoms with Gasteiger partial charge < -0.3 is 9.84 Å². The summed E-state index contributed by atoms with van der Waals surface area (Å²) in [7, 11) is 0. The lowest BCUT2D eigenvalue weighted by molar-refractivity contribution is 0.00958. The summed E-state index contributed by atoms with van der Waals surface area (Å²) in [6.07, 6.45) is 2.93. The predicted octanol–water partition coefficient (Wildman–Crippen LogP) is 1.67. The van der Waals surface area contributed by atoms with Crippen LogP contribution in [0.3, 0.4) is 0 Å². The van der Waals surface area contributed by atoms with Crippen molar-refractivity contribution in [1.29, 1.82) is 0 Å². The molecule has 0 amide bonds. The molecule has 2 aromatic rings. The fourth-order valence-corrected chi connectivity index (χ4v) is 2.16. The fraction of sp³-hybridized carbons (Fsp3) is 0.417. The number of hydrogen-bond donors (Lipinski definition) is 1. The van der Waals surface area contributed by atoms with Gasteiger partial charge in [0, 0.05) is 6.61 Å². The lowest BCUT2D eigenvalue weighted by atomic mass is 10.1. The summed E-state index contributed by atoms with van der Waals surface area (Å²) in [5.41, 5.74) is 0.654. The van der Waals surface area contributed by atoms with Gasteiger partial charge in [0.15, 0.2) is 17.2 Å². The minimum Gasteiger partial charge on any atom is -0.477 e. The van der Waals surface area contributed by atoms with Crippen LogP contribution in [0.25, 0.3) is 5.65 Å². The van der Waals surface area contributed by atoms with Gasteiger partial charge in [-0.1, -0.05) is 6.07 Å². The summed E-state index contributed by atoms with van der Waals surface area (Å²) in [5, 5.41) is 13.3. The first-order chi connectivity index (χ1) is 8.75. The van der Waals surface area contributed by atoms with Crippen LogP contribution in [0.15, 0.2) is 18.2 Å². The Balaban J connectivity index is 2.04. The third-order valence-electron chi connectivity index (χ3n) is 3.06. The van der Waals surface area contributed by atoms with Gasteiger partial charge in [-0.2, -0.15) is 0 Å². The molecule has 1 fully saturated rings. The average molecular weight is 247 g/mol. The highest BCUT2D eigenvalue weighted by molar-refractivity contribution is 5.86. The first-order valence-corrected chi connectivity index (χ1v) is 5.96. The van der Waals surface area contributed by atoms with Crippen LogP contribution in [0.5, 0.6) is 0 Å². The number of aromatic carboxylic acids is 1. The van der Waals surface area contributed by atoms with Crippen molar-refractivity contribution in [2.45, 2.75) is 25.4 Å². The number of rotatable bonds is 2. The van der Waals surface area contributed by atoms with Crippen LogP contribution in [0, 0.1) is 0 Å². The molecule has 6 nitrogen and oxygen atoms in total. The van der Waals surface area contributed by atoms with Crippen LogP contribution >= 0.6 is 0 Å². The van der Waals surface area contributed by atoms with Crippen molar-refractivity contribution in [3.8, 4) is 0 Å².